The standard InChI is InChI=1S/C7H5BrClF2NO/c8-1-3-4(7(10)11)2-12-6(9)5(3)13/h2,7,13H,1H2. The van der Waals surface area contributed by atoms with E-state index >= 15 is 0 Å². The third-order valence-electron chi connectivity index (χ3n) is 1.52. The molecule has 1 aromatic heterocycles. The molecule has 0 aliphatic heterocycles. The zero-order chi connectivity index (χ0) is 10.0. The molecule has 0 atom stereocenters. The molecule has 0 aliphatic carbocycles. The number of aromatic nitrogens is 1. The van der Waals surface area contributed by atoms with Gasteiger partial charge in [-0.2, -0.15) is 0 Å². The summed E-state index contributed by atoms with van der Waals surface area (Å²) in [6.07, 6.45) is -1.70. The fourth-order valence-corrected chi connectivity index (χ4v) is 1.61. The molecule has 1 heterocycles. The van der Waals surface area contributed by atoms with Gasteiger partial charge >= 0.3 is 0 Å². The van der Waals surface area contributed by atoms with Crippen molar-refractivity contribution in [1.29, 1.82) is 0 Å². The maximum absolute atomic E-state index is 12.3. The largest absolute Gasteiger partial charge is 0.504 e. The second kappa shape index (κ2) is 4.19. The molecule has 0 unspecified atom stereocenters. The fraction of sp³-hybridized carbons (Fsp3) is 0.286. The summed E-state index contributed by atoms with van der Waals surface area (Å²) in [5, 5.41) is 9.21. The van der Waals surface area contributed by atoms with Crippen LogP contribution in [-0.4, -0.2) is 10.1 Å². The quantitative estimate of drug-likeness (QED) is 0.662. The van der Waals surface area contributed by atoms with Crippen molar-refractivity contribution in [2.24, 2.45) is 0 Å². The van der Waals surface area contributed by atoms with Gasteiger partial charge in [0.05, 0.1) is 0 Å². The molecule has 72 valence electrons. The van der Waals surface area contributed by atoms with Crippen LogP contribution in [0.1, 0.15) is 17.6 Å². The van der Waals surface area contributed by atoms with Crippen LogP contribution in [0, 0.1) is 0 Å². The molecule has 0 amide bonds. The van der Waals surface area contributed by atoms with Gasteiger partial charge in [0.1, 0.15) is 0 Å². The van der Waals surface area contributed by atoms with E-state index in [0.717, 1.165) is 6.20 Å². The van der Waals surface area contributed by atoms with Crippen LogP contribution in [0.25, 0.3) is 0 Å². The van der Waals surface area contributed by atoms with Gasteiger partial charge in [0.25, 0.3) is 6.43 Å². The van der Waals surface area contributed by atoms with Crippen LogP contribution >= 0.6 is 27.5 Å². The van der Waals surface area contributed by atoms with Crippen molar-refractivity contribution in [2.75, 3.05) is 0 Å². The van der Waals surface area contributed by atoms with Crippen LogP contribution in [0.3, 0.4) is 0 Å². The van der Waals surface area contributed by atoms with Crippen molar-refractivity contribution in [1.82, 2.24) is 4.98 Å². The van der Waals surface area contributed by atoms with E-state index in [1.807, 2.05) is 0 Å². The molecule has 0 radical (unpaired) electrons. The summed E-state index contributed by atoms with van der Waals surface area (Å²) >= 11 is 8.42. The minimum absolute atomic E-state index is 0.0787. The predicted octanol–water partition coefficient (Wildman–Crippen LogP) is 3.27. The summed E-state index contributed by atoms with van der Waals surface area (Å²) in [4.78, 5) is 3.42. The summed E-state index contributed by atoms with van der Waals surface area (Å²) < 4.78 is 24.6. The number of pyridine rings is 1. The molecule has 0 spiro atoms. The Bertz CT molecular complexity index is 322. The van der Waals surface area contributed by atoms with Gasteiger partial charge in [0.2, 0.25) is 0 Å². The van der Waals surface area contributed by atoms with Crippen LogP contribution in [0.4, 0.5) is 8.78 Å². The molecule has 0 saturated heterocycles. The van der Waals surface area contributed by atoms with Crippen LogP contribution < -0.4 is 0 Å². The molecule has 1 rings (SSSR count). The Morgan fingerprint density at radius 2 is 2.23 bits per heavy atom. The molecule has 0 fully saturated rings. The van der Waals surface area contributed by atoms with E-state index in [0.29, 0.717) is 0 Å². The number of rotatable bonds is 2. The van der Waals surface area contributed by atoms with Crippen LogP contribution in [0.5, 0.6) is 5.75 Å². The van der Waals surface area contributed by atoms with E-state index in [-0.39, 0.29) is 21.6 Å². The van der Waals surface area contributed by atoms with Crippen LogP contribution in [0.2, 0.25) is 5.15 Å². The highest BCUT2D eigenvalue weighted by atomic mass is 79.9. The van der Waals surface area contributed by atoms with Crippen molar-refractivity contribution >= 4 is 27.5 Å². The van der Waals surface area contributed by atoms with Gasteiger partial charge in [-0.15, -0.1) is 0 Å². The minimum Gasteiger partial charge on any atom is -0.504 e. The van der Waals surface area contributed by atoms with Gasteiger partial charge in [-0.3, -0.25) is 0 Å². The zero-order valence-corrected chi connectivity index (χ0v) is 8.61. The first-order valence-corrected chi connectivity index (χ1v) is 4.78. The molecule has 2 nitrogen and oxygen atoms in total. The van der Waals surface area contributed by atoms with E-state index in [9.17, 15) is 13.9 Å². The second-order valence-corrected chi connectivity index (χ2v) is 3.18. The number of aromatic hydroxyl groups is 1. The average Bonchev–Trinajstić information content (AvgIpc) is 2.09. The van der Waals surface area contributed by atoms with E-state index in [1.165, 1.54) is 0 Å². The predicted molar refractivity (Wildman–Crippen MR) is 48.5 cm³/mol. The molecule has 0 saturated carbocycles. The van der Waals surface area contributed by atoms with Crippen molar-refractivity contribution in [3.8, 4) is 5.75 Å². The van der Waals surface area contributed by atoms with E-state index in [2.05, 4.69) is 20.9 Å². The Hall–Kier alpha value is -0.420. The maximum Gasteiger partial charge on any atom is 0.265 e. The molecule has 0 aromatic carbocycles. The number of alkyl halides is 3. The van der Waals surface area contributed by atoms with Gasteiger partial charge in [-0.05, 0) is 0 Å². The second-order valence-electron chi connectivity index (χ2n) is 2.27. The molecule has 6 heteroatoms. The summed E-state index contributed by atoms with van der Waals surface area (Å²) in [5.74, 6) is -0.392. The molecule has 13 heavy (non-hydrogen) atoms. The number of halogens is 4. The number of hydrogen-bond acceptors (Lipinski definition) is 2. The van der Waals surface area contributed by atoms with E-state index in [1.54, 1.807) is 0 Å². The lowest BCUT2D eigenvalue weighted by Gasteiger charge is -2.08. The third kappa shape index (κ3) is 2.08. The van der Waals surface area contributed by atoms with Gasteiger partial charge in [-0.25, -0.2) is 13.8 Å². The monoisotopic (exact) mass is 271 g/mol. The van der Waals surface area contributed by atoms with Gasteiger partial charge in [0.15, 0.2) is 10.9 Å². The smallest absolute Gasteiger partial charge is 0.265 e. The van der Waals surface area contributed by atoms with Crippen LogP contribution in [-0.2, 0) is 5.33 Å². The molecular weight excluding hydrogens is 267 g/mol. The third-order valence-corrected chi connectivity index (χ3v) is 2.35. The molecule has 1 aromatic rings. The van der Waals surface area contributed by atoms with Crippen molar-refractivity contribution in [3.63, 3.8) is 0 Å². The topological polar surface area (TPSA) is 33.1 Å². The molecule has 1 N–H and O–H groups in total. The summed E-state index contributed by atoms with van der Waals surface area (Å²) in [6, 6.07) is 0. The van der Waals surface area contributed by atoms with Crippen molar-refractivity contribution < 1.29 is 13.9 Å². The van der Waals surface area contributed by atoms with Gasteiger partial charge < -0.3 is 5.11 Å². The number of nitrogens with zero attached hydrogens (tertiary/aromatic N) is 1. The number of hydrogen-bond donors (Lipinski definition) is 1. The van der Waals surface area contributed by atoms with Crippen LogP contribution in [0.15, 0.2) is 6.20 Å². The van der Waals surface area contributed by atoms with Gasteiger partial charge in [-0.1, -0.05) is 27.5 Å². The molecular formula is C7H5BrClF2NO. The SMILES string of the molecule is Oc1c(Cl)ncc(C(F)F)c1CBr. The Balaban J connectivity index is 3.30. The lowest BCUT2D eigenvalue weighted by molar-refractivity contribution is 0.149. The lowest BCUT2D eigenvalue weighted by Crippen LogP contribution is -1.95. The van der Waals surface area contributed by atoms with E-state index in [4.69, 9.17) is 11.6 Å². The summed E-state index contributed by atoms with van der Waals surface area (Å²) in [5.41, 5.74) is -0.228. The summed E-state index contributed by atoms with van der Waals surface area (Å²) in [6.45, 7) is 0. The Morgan fingerprint density at radius 3 is 2.69 bits per heavy atom. The zero-order valence-electron chi connectivity index (χ0n) is 6.27. The average molecular weight is 272 g/mol. The molecule has 0 bridgehead atoms. The van der Waals surface area contributed by atoms with Crippen molar-refractivity contribution in [3.05, 3.63) is 22.5 Å². The minimum atomic E-state index is -2.66. The summed E-state index contributed by atoms with van der Waals surface area (Å²) in [7, 11) is 0. The van der Waals surface area contributed by atoms with Crippen molar-refractivity contribution in [2.45, 2.75) is 11.8 Å². The first kappa shape index (κ1) is 10.7. The lowest BCUT2D eigenvalue weighted by atomic mass is 10.1. The Kier molecular flexibility index (Phi) is 3.44. The first-order chi connectivity index (χ1) is 6.07. The maximum atomic E-state index is 12.3. The highest BCUT2D eigenvalue weighted by molar-refractivity contribution is 9.08. The Labute approximate surface area is 86.7 Å². The highest BCUT2D eigenvalue weighted by Crippen LogP contribution is 2.34. The van der Waals surface area contributed by atoms with Gasteiger partial charge in [0, 0.05) is 22.7 Å². The van der Waals surface area contributed by atoms with E-state index < -0.39 is 12.2 Å². The Morgan fingerprint density at radius 1 is 1.62 bits per heavy atom. The normalized spacial score (nSPS) is 10.8. The fourth-order valence-electron chi connectivity index (χ4n) is 0.855. The highest BCUT2D eigenvalue weighted by Gasteiger charge is 2.18. The first-order valence-electron chi connectivity index (χ1n) is 3.28. The molecule has 0 aliphatic rings.